The van der Waals surface area contributed by atoms with E-state index >= 15 is 0 Å². The maximum atomic E-state index is 12.8. The lowest BCUT2D eigenvalue weighted by atomic mass is 10.2. The molecule has 0 aromatic heterocycles. The van der Waals surface area contributed by atoms with Crippen LogP contribution >= 0.6 is 0 Å². The number of amides is 1. The minimum Gasteiger partial charge on any atom is -0.481 e. The molecule has 0 saturated carbocycles. The van der Waals surface area contributed by atoms with Crippen molar-refractivity contribution in [1.29, 1.82) is 0 Å². The van der Waals surface area contributed by atoms with Crippen LogP contribution in [0.25, 0.3) is 0 Å². The largest absolute Gasteiger partial charge is 0.481 e. The molecule has 9 nitrogen and oxygen atoms in total. The van der Waals surface area contributed by atoms with Crippen LogP contribution in [0.3, 0.4) is 0 Å². The Bertz CT molecular complexity index is 1080. The van der Waals surface area contributed by atoms with E-state index in [9.17, 15) is 18.0 Å². The number of nitrogens with one attached hydrogen (secondary N) is 1. The summed E-state index contributed by atoms with van der Waals surface area (Å²) in [6, 6.07) is 12.5. The van der Waals surface area contributed by atoms with E-state index in [-0.39, 0.29) is 10.5 Å². The van der Waals surface area contributed by atoms with Crippen molar-refractivity contribution in [1.82, 2.24) is 9.73 Å². The van der Waals surface area contributed by atoms with Crippen LogP contribution in [0.1, 0.15) is 35.2 Å². The molecule has 0 aliphatic carbocycles. The average Bonchev–Trinajstić information content (AvgIpc) is 2.79. The van der Waals surface area contributed by atoms with Crippen LogP contribution in [0, 0.1) is 0 Å². The first-order valence-corrected chi connectivity index (χ1v) is 11.2. The summed E-state index contributed by atoms with van der Waals surface area (Å²) in [5.74, 6) is -1.38. The molecule has 1 aliphatic heterocycles. The number of sulfonamides is 1. The third-order valence-electron chi connectivity index (χ3n) is 4.69. The van der Waals surface area contributed by atoms with E-state index in [1.54, 1.807) is 24.3 Å². The Morgan fingerprint density at radius 2 is 1.84 bits per heavy atom. The smallest absolute Gasteiger partial charge is 0.341 e. The molecule has 2 N–H and O–H groups in total. The van der Waals surface area contributed by atoms with Crippen LogP contribution < -0.4 is 10.2 Å². The standard InChI is InChI=1S/C21H23N3O6S/c25-20(26)15-30-19-10-3-2-7-17(19)14-22-23-21(27)16-8-6-9-18(13-16)31(28,29)24-11-4-1-5-12-24/h2-3,6-10,13-14H,1,4-5,11-12,15H2,(H,23,27)(H,25,26)/b22-14-. The number of carbonyl (C=O) groups excluding carboxylic acids is 1. The van der Waals surface area contributed by atoms with Crippen molar-refractivity contribution < 1.29 is 27.9 Å². The van der Waals surface area contributed by atoms with Gasteiger partial charge in [-0.15, -0.1) is 0 Å². The lowest BCUT2D eigenvalue weighted by Gasteiger charge is -2.25. The minimum absolute atomic E-state index is 0.0680. The highest BCUT2D eigenvalue weighted by atomic mass is 32.2. The zero-order chi connectivity index (χ0) is 22.3. The molecule has 1 fully saturated rings. The normalized spacial score (nSPS) is 15.0. The van der Waals surface area contributed by atoms with Crippen LogP contribution in [0.5, 0.6) is 5.75 Å². The molecular weight excluding hydrogens is 422 g/mol. The molecular formula is C21H23N3O6S. The molecule has 0 spiro atoms. The quantitative estimate of drug-likeness (QED) is 0.473. The van der Waals surface area contributed by atoms with Crippen molar-refractivity contribution in [3.8, 4) is 5.75 Å². The van der Waals surface area contributed by atoms with Gasteiger partial charge in [0.1, 0.15) is 5.75 Å². The number of para-hydroxylation sites is 1. The molecule has 3 rings (SSSR count). The number of carboxylic acid groups (broad SMARTS) is 1. The second-order valence-electron chi connectivity index (χ2n) is 6.91. The van der Waals surface area contributed by atoms with Crippen LogP contribution in [-0.4, -0.2) is 55.6 Å². The van der Waals surface area contributed by atoms with E-state index in [0.717, 1.165) is 19.3 Å². The van der Waals surface area contributed by atoms with Gasteiger partial charge in [0.2, 0.25) is 10.0 Å². The molecule has 0 radical (unpaired) electrons. The first-order chi connectivity index (χ1) is 14.9. The summed E-state index contributed by atoms with van der Waals surface area (Å²) in [7, 11) is -3.65. The number of piperidine rings is 1. The highest BCUT2D eigenvalue weighted by molar-refractivity contribution is 7.89. The van der Waals surface area contributed by atoms with Gasteiger partial charge in [-0.05, 0) is 43.2 Å². The van der Waals surface area contributed by atoms with E-state index in [1.165, 1.54) is 34.8 Å². The van der Waals surface area contributed by atoms with E-state index in [2.05, 4.69) is 10.5 Å². The van der Waals surface area contributed by atoms with Crippen molar-refractivity contribution in [3.63, 3.8) is 0 Å². The lowest BCUT2D eigenvalue weighted by molar-refractivity contribution is -0.139. The molecule has 31 heavy (non-hydrogen) atoms. The van der Waals surface area contributed by atoms with Gasteiger partial charge in [-0.3, -0.25) is 4.79 Å². The number of nitrogens with zero attached hydrogens (tertiary/aromatic N) is 2. The zero-order valence-corrected chi connectivity index (χ0v) is 17.5. The number of hydrogen-bond acceptors (Lipinski definition) is 6. The Balaban J connectivity index is 1.69. The lowest BCUT2D eigenvalue weighted by Crippen LogP contribution is -2.35. The molecule has 1 amide bonds. The molecule has 2 aromatic carbocycles. The number of hydrogen-bond donors (Lipinski definition) is 2. The van der Waals surface area contributed by atoms with Crippen molar-refractivity contribution in [2.24, 2.45) is 5.10 Å². The molecule has 1 aliphatic rings. The molecule has 0 bridgehead atoms. The number of aliphatic carboxylic acids is 1. The number of ether oxygens (including phenoxy) is 1. The zero-order valence-electron chi connectivity index (χ0n) is 16.7. The van der Waals surface area contributed by atoms with Crippen molar-refractivity contribution in [3.05, 3.63) is 59.7 Å². The number of carboxylic acids is 1. The van der Waals surface area contributed by atoms with Gasteiger partial charge in [-0.25, -0.2) is 18.6 Å². The van der Waals surface area contributed by atoms with Gasteiger partial charge in [0, 0.05) is 24.2 Å². The Morgan fingerprint density at radius 3 is 2.58 bits per heavy atom. The Kier molecular flexibility index (Phi) is 7.37. The van der Waals surface area contributed by atoms with Crippen LogP contribution in [0.15, 0.2) is 58.5 Å². The fourth-order valence-corrected chi connectivity index (χ4v) is 4.70. The van der Waals surface area contributed by atoms with Gasteiger partial charge < -0.3 is 9.84 Å². The predicted molar refractivity (Wildman–Crippen MR) is 114 cm³/mol. The Morgan fingerprint density at radius 1 is 1.10 bits per heavy atom. The van der Waals surface area contributed by atoms with E-state index < -0.39 is 28.5 Å². The summed E-state index contributed by atoms with van der Waals surface area (Å²) >= 11 is 0. The summed E-state index contributed by atoms with van der Waals surface area (Å²) in [6.45, 7) is 0.453. The van der Waals surface area contributed by atoms with Crippen LogP contribution in [0.2, 0.25) is 0 Å². The molecule has 0 atom stereocenters. The number of carbonyl (C=O) groups is 2. The average molecular weight is 445 g/mol. The number of hydrazone groups is 1. The van der Waals surface area contributed by atoms with Gasteiger partial charge in [0.25, 0.3) is 5.91 Å². The molecule has 2 aromatic rings. The van der Waals surface area contributed by atoms with E-state index in [0.29, 0.717) is 24.4 Å². The van der Waals surface area contributed by atoms with Crippen molar-refractivity contribution in [2.75, 3.05) is 19.7 Å². The summed E-state index contributed by atoms with van der Waals surface area (Å²) in [4.78, 5) is 23.2. The SMILES string of the molecule is O=C(O)COc1ccccc1/C=N\NC(=O)c1cccc(S(=O)(=O)N2CCCCC2)c1. The fraction of sp³-hybridized carbons (Fsp3) is 0.286. The van der Waals surface area contributed by atoms with Gasteiger partial charge in [-0.2, -0.15) is 9.41 Å². The topological polar surface area (TPSA) is 125 Å². The van der Waals surface area contributed by atoms with Gasteiger partial charge >= 0.3 is 5.97 Å². The highest BCUT2D eigenvalue weighted by Gasteiger charge is 2.26. The van der Waals surface area contributed by atoms with Crippen molar-refractivity contribution in [2.45, 2.75) is 24.2 Å². The third-order valence-corrected chi connectivity index (χ3v) is 6.58. The predicted octanol–water partition coefficient (Wildman–Crippen LogP) is 2.09. The van der Waals surface area contributed by atoms with Crippen molar-refractivity contribution >= 4 is 28.1 Å². The van der Waals surface area contributed by atoms with E-state index in [1.807, 2.05) is 0 Å². The first kappa shape index (κ1) is 22.4. The van der Waals surface area contributed by atoms with Gasteiger partial charge in [-0.1, -0.05) is 24.6 Å². The second kappa shape index (κ2) is 10.2. The third kappa shape index (κ3) is 5.89. The molecule has 0 unspecified atom stereocenters. The highest BCUT2D eigenvalue weighted by Crippen LogP contribution is 2.21. The number of benzene rings is 2. The Hall–Kier alpha value is -3.24. The minimum atomic E-state index is -3.65. The second-order valence-corrected chi connectivity index (χ2v) is 8.85. The monoisotopic (exact) mass is 445 g/mol. The van der Waals surface area contributed by atoms with Crippen LogP contribution in [-0.2, 0) is 14.8 Å². The summed E-state index contributed by atoms with van der Waals surface area (Å²) < 4.78 is 32.3. The maximum absolute atomic E-state index is 12.8. The Labute approximate surface area is 180 Å². The molecule has 10 heteroatoms. The first-order valence-electron chi connectivity index (χ1n) is 9.75. The molecule has 1 heterocycles. The summed E-state index contributed by atoms with van der Waals surface area (Å²) in [5.41, 5.74) is 2.98. The molecule has 1 saturated heterocycles. The molecule has 164 valence electrons. The summed E-state index contributed by atoms with van der Waals surface area (Å²) in [5, 5.41) is 12.6. The summed E-state index contributed by atoms with van der Waals surface area (Å²) in [6.07, 6.45) is 3.98. The van der Waals surface area contributed by atoms with E-state index in [4.69, 9.17) is 9.84 Å². The maximum Gasteiger partial charge on any atom is 0.341 e. The number of rotatable bonds is 8. The van der Waals surface area contributed by atoms with Gasteiger partial charge in [0.05, 0.1) is 11.1 Å². The fourth-order valence-electron chi connectivity index (χ4n) is 3.14. The van der Waals surface area contributed by atoms with Crippen LogP contribution in [0.4, 0.5) is 0 Å². The van der Waals surface area contributed by atoms with Gasteiger partial charge in [0.15, 0.2) is 6.61 Å².